The second kappa shape index (κ2) is 5.18. The largest absolute Gasteiger partial charge is 0.416 e. The molecule has 0 amide bonds. The highest BCUT2D eigenvalue weighted by molar-refractivity contribution is 5.31. The second-order valence-electron chi connectivity index (χ2n) is 3.16. The van der Waals surface area contributed by atoms with Crippen molar-refractivity contribution >= 4 is 0 Å². The molecule has 0 bridgehead atoms. The Morgan fingerprint density at radius 3 is 2.00 bits per heavy atom. The van der Waals surface area contributed by atoms with Crippen LogP contribution >= 0.6 is 0 Å². The van der Waals surface area contributed by atoms with Crippen LogP contribution in [0, 0.1) is 13.8 Å². The van der Waals surface area contributed by atoms with E-state index < -0.39 is 17.3 Å². The lowest BCUT2D eigenvalue weighted by Crippen LogP contribution is -2.23. The summed E-state index contributed by atoms with van der Waals surface area (Å²) in [5, 5.41) is 0. The summed E-state index contributed by atoms with van der Waals surface area (Å²) < 4.78 is 38.4. The van der Waals surface area contributed by atoms with Gasteiger partial charge in [-0.3, -0.25) is 4.79 Å². The maximum Gasteiger partial charge on any atom is 0.416 e. The first-order valence-electron chi connectivity index (χ1n) is 4.99. The minimum Gasteiger partial charge on any atom is -0.316 e. The van der Waals surface area contributed by atoms with Gasteiger partial charge in [-0.15, -0.1) is 0 Å². The normalized spacial score (nSPS) is 10.8. The summed E-state index contributed by atoms with van der Waals surface area (Å²) in [5.41, 5.74) is -1.05. The molecule has 0 saturated heterocycles. The van der Waals surface area contributed by atoms with Gasteiger partial charge in [0.2, 0.25) is 0 Å². The van der Waals surface area contributed by atoms with E-state index in [-0.39, 0.29) is 5.56 Å². The zero-order valence-electron chi connectivity index (χ0n) is 10.1. The fourth-order valence-corrected chi connectivity index (χ4v) is 1.23. The number of rotatable bonds is 0. The molecule has 0 aromatic carbocycles. The fourth-order valence-electron chi connectivity index (χ4n) is 1.23. The number of halogens is 3. The molecule has 0 aliphatic carbocycles. The summed E-state index contributed by atoms with van der Waals surface area (Å²) in [4.78, 5) is 11.1. The van der Waals surface area contributed by atoms with E-state index in [4.69, 9.17) is 0 Å². The Kier molecular flexibility index (Phi) is 4.78. The van der Waals surface area contributed by atoms with E-state index >= 15 is 0 Å². The van der Waals surface area contributed by atoms with Gasteiger partial charge in [0, 0.05) is 18.8 Å². The average Bonchev–Trinajstić information content (AvgIpc) is 2.21. The van der Waals surface area contributed by atoms with Crippen LogP contribution in [0.3, 0.4) is 0 Å². The van der Waals surface area contributed by atoms with Crippen LogP contribution in [-0.2, 0) is 13.2 Å². The molecule has 0 fully saturated rings. The highest BCUT2D eigenvalue weighted by Crippen LogP contribution is 2.31. The van der Waals surface area contributed by atoms with E-state index in [2.05, 4.69) is 0 Å². The molecule has 92 valence electrons. The fraction of sp³-hybridized carbons (Fsp3) is 0.545. The van der Waals surface area contributed by atoms with Gasteiger partial charge in [-0.2, -0.15) is 13.2 Å². The molecule has 0 unspecified atom stereocenters. The SMILES string of the molecule is CC.Cc1c(C(F)(F)F)cc(=O)n(C)c1C. The van der Waals surface area contributed by atoms with Gasteiger partial charge in [0.05, 0.1) is 5.56 Å². The quantitative estimate of drug-likeness (QED) is 0.677. The minimum atomic E-state index is -4.46. The lowest BCUT2D eigenvalue weighted by Gasteiger charge is -2.14. The molecule has 1 aromatic rings. The lowest BCUT2D eigenvalue weighted by molar-refractivity contribution is -0.138. The highest BCUT2D eigenvalue weighted by atomic mass is 19.4. The van der Waals surface area contributed by atoms with Crippen LogP contribution in [0.5, 0.6) is 0 Å². The highest BCUT2D eigenvalue weighted by Gasteiger charge is 2.33. The Hall–Kier alpha value is -1.26. The summed E-state index contributed by atoms with van der Waals surface area (Å²) >= 11 is 0. The Balaban J connectivity index is 0.00000106. The molecular formula is C11H16F3NO. The van der Waals surface area contributed by atoms with Crippen molar-refractivity contribution in [2.24, 2.45) is 7.05 Å². The van der Waals surface area contributed by atoms with Crippen molar-refractivity contribution in [3.8, 4) is 0 Å². The molecule has 2 nitrogen and oxygen atoms in total. The average molecular weight is 235 g/mol. The third-order valence-electron chi connectivity index (χ3n) is 2.35. The summed E-state index contributed by atoms with van der Waals surface area (Å²) in [6.07, 6.45) is -4.46. The van der Waals surface area contributed by atoms with Gasteiger partial charge in [0.25, 0.3) is 5.56 Å². The first kappa shape index (κ1) is 14.7. The van der Waals surface area contributed by atoms with E-state index in [0.29, 0.717) is 11.8 Å². The van der Waals surface area contributed by atoms with Gasteiger partial charge in [0.15, 0.2) is 0 Å². The Morgan fingerprint density at radius 2 is 1.62 bits per heavy atom. The van der Waals surface area contributed by atoms with Crippen LogP contribution in [-0.4, -0.2) is 4.57 Å². The monoisotopic (exact) mass is 235 g/mol. The van der Waals surface area contributed by atoms with Crippen molar-refractivity contribution in [1.82, 2.24) is 4.57 Å². The molecular weight excluding hydrogens is 219 g/mol. The van der Waals surface area contributed by atoms with Gasteiger partial charge in [-0.1, -0.05) is 13.8 Å². The Bertz CT molecular complexity index is 418. The van der Waals surface area contributed by atoms with Gasteiger partial charge >= 0.3 is 6.18 Å². The Labute approximate surface area is 92.7 Å². The Morgan fingerprint density at radius 1 is 1.19 bits per heavy atom. The maximum absolute atomic E-state index is 12.4. The van der Waals surface area contributed by atoms with Crippen molar-refractivity contribution in [3.63, 3.8) is 0 Å². The van der Waals surface area contributed by atoms with E-state index in [1.165, 1.54) is 25.5 Å². The van der Waals surface area contributed by atoms with Crippen LogP contribution < -0.4 is 5.56 Å². The predicted molar refractivity (Wildman–Crippen MR) is 57.5 cm³/mol. The number of pyridine rings is 1. The smallest absolute Gasteiger partial charge is 0.316 e. The number of alkyl halides is 3. The third-order valence-corrected chi connectivity index (χ3v) is 2.35. The van der Waals surface area contributed by atoms with Crippen LogP contribution in [0.1, 0.15) is 30.7 Å². The number of hydrogen-bond donors (Lipinski definition) is 0. The second-order valence-corrected chi connectivity index (χ2v) is 3.16. The molecule has 0 N–H and O–H groups in total. The lowest BCUT2D eigenvalue weighted by atomic mass is 10.1. The van der Waals surface area contributed by atoms with E-state index in [0.717, 1.165) is 0 Å². The molecule has 5 heteroatoms. The van der Waals surface area contributed by atoms with E-state index in [9.17, 15) is 18.0 Å². The van der Waals surface area contributed by atoms with Crippen LogP contribution in [0.15, 0.2) is 10.9 Å². The van der Waals surface area contributed by atoms with E-state index in [1.807, 2.05) is 13.8 Å². The summed E-state index contributed by atoms with van der Waals surface area (Å²) in [5.74, 6) is 0. The third kappa shape index (κ3) is 2.87. The topological polar surface area (TPSA) is 22.0 Å². The minimum absolute atomic E-state index is 0.0969. The van der Waals surface area contributed by atoms with Crippen LogP contribution in [0.4, 0.5) is 13.2 Å². The molecule has 1 rings (SSSR count). The first-order chi connectivity index (χ1) is 7.25. The van der Waals surface area contributed by atoms with Gasteiger partial charge in [-0.05, 0) is 19.4 Å². The molecule has 0 saturated carbocycles. The molecule has 1 aromatic heterocycles. The molecule has 0 spiro atoms. The van der Waals surface area contributed by atoms with Crippen molar-refractivity contribution in [3.05, 3.63) is 33.2 Å². The maximum atomic E-state index is 12.4. The molecule has 0 aliphatic rings. The van der Waals surface area contributed by atoms with Crippen LogP contribution in [0.25, 0.3) is 0 Å². The van der Waals surface area contributed by atoms with Gasteiger partial charge in [-0.25, -0.2) is 0 Å². The molecule has 0 aliphatic heterocycles. The zero-order chi connectivity index (χ0) is 13.1. The standard InChI is InChI=1S/C9H10F3NO.C2H6/c1-5-6(2)13(3)8(14)4-7(5)9(10,11)12;1-2/h4H,1-3H3;1-2H3. The number of aromatic nitrogens is 1. The zero-order valence-corrected chi connectivity index (χ0v) is 10.1. The summed E-state index contributed by atoms with van der Waals surface area (Å²) in [7, 11) is 1.45. The number of nitrogens with zero attached hydrogens (tertiary/aromatic N) is 1. The van der Waals surface area contributed by atoms with Crippen molar-refractivity contribution < 1.29 is 13.2 Å². The predicted octanol–water partition coefficient (Wildman–Crippen LogP) is 3.05. The van der Waals surface area contributed by atoms with Crippen molar-refractivity contribution in [2.45, 2.75) is 33.9 Å². The van der Waals surface area contributed by atoms with Crippen molar-refractivity contribution in [2.75, 3.05) is 0 Å². The van der Waals surface area contributed by atoms with Crippen LogP contribution in [0.2, 0.25) is 0 Å². The summed E-state index contributed by atoms with van der Waals surface area (Å²) in [6.45, 7) is 6.85. The summed E-state index contributed by atoms with van der Waals surface area (Å²) in [6, 6.07) is 0.627. The first-order valence-corrected chi connectivity index (χ1v) is 4.99. The molecule has 16 heavy (non-hydrogen) atoms. The van der Waals surface area contributed by atoms with Crippen molar-refractivity contribution in [1.29, 1.82) is 0 Å². The van der Waals surface area contributed by atoms with E-state index in [1.54, 1.807) is 0 Å². The van der Waals surface area contributed by atoms with Gasteiger partial charge < -0.3 is 4.57 Å². The molecule has 0 radical (unpaired) electrons. The molecule has 1 heterocycles. The number of hydrogen-bond acceptors (Lipinski definition) is 1. The van der Waals surface area contributed by atoms with Gasteiger partial charge in [0.1, 0.15) is 0 Å². The molecule has 0 atom stereocenters.